The lowest BCUT2D eigenvalue weighted by Crippen LogP contribution is -3.00. The van der Waals surface area contributed by atoms with Crippen LogP contribution in [0.2, 0.25) is 0 Å². The molecule has 0 saturated heterocycles. The van der Waals surface area contributed by atoms with Crippen LogP contribution in [-0.4, -0.2) is 17.6 Å². The van der Waals surface area contributed by atoms with Gasteiger partial charge in [-0.05, 0) is 29.8 Å². The van der Waals surface area contributed by atoms with Crippen LogP contribution in [-0.2, 0) is 6.54 Å². The normalized spacial score (nSPS) is 12.5. The fraction of sp³-hybridized carbons (Fsp3) is 0.200. The Balaban J connectivity index is 0.00000231. The number of rotatable bonds is 6. The predicted octanol–water partition coefficient (Wildman–Crippen LogP) is 2.04. The molecule has 0 bridgehead atoms. The molecule has 4 aromatic rings. The number of carbonyl (C=O) groups is 1. The fourth-order valence-corrected chi connectivity index (χ4v) is 3.95. The van der Waals surface area contributed by atoms with Crippen LogP contribution in [0.25, 0.3) is 27.9 Å². The quantitative estimate of drug-likeness (QED) is 0.262. The molecule has 3 heterocycles. The number of unbranched alkanes of at least 4 members (excludes halogenated alkanes) is 1. The number of aromatic nitrogens is 2. The molecule has 31 heavy (non-hydrogen) atoms. The van der Waals surface area contributed by atoms with Gasteiger partial charge in [0.05, 0.1) is 0 Å². The summed E-state index contributed by atoms with van der Waals surface area (Å²) in [5.41, 5.74) is 3.51. The molecule has 1 aliphatic rings. The summed E-state index contributed by atoms with van der Waals surface area (Å²) in [6, 6.07) is 15.9. The van der Waals surface area contributed by atoms with Gasteiger partial charge in [-0.3, -0.25) is 4.79 Å². The Hall–Kier alpha value is -3.12. The number of nitrogens with one attached hydrogen (secondary N) is 1. The SMILES string of the molecule is CCCC[n+]1ccc2c([nH]c3ccccc32)c1C(=O)/C=C/c1ccc2c(c1)OCO2.[Br-]. The van der Waals surface area contributed by atoms with E-state index in [1.165, 1.54) is 0 Å². The molecule has 158 valence electrons. The Morgan fingerprint density at radius 2 is 1.94 bits per heavy atom. The van der Waals surface area contributed by atoms with E-state index in [0.29, 0.717) is 11.4 Å². The highest BCUT2D eigenvalue weighted by atomic mass is 79.9. The van der Waals surface area contributed by atoms with Gasteiger partial charge in [-0.2, -0.15) is 4.57 Å². The second kappa shape index (κ2) is 8.94. The first-order chi connectivity index (χ1) is 14.7. The molecule has 2 aromatic heterocycles. The van der Waals surface area contributed by atoms with Gasteiger partial charge in [-0.1, -0.05) is 43.7 Å². The summed E-state index contributed by atoms with van der Waals surface area (Å²) in [6.07, 6.45) is 7.58. The number of aryl methyl sites for hydroxylation is 1. The van der Waals surface area contributed by atoms with Crippen molar-refractivity contribution in [3.63, 3.8) is 0 Å². The molecular formula is C25H23BrN2O3. The Morgan fingerprint density at radius 1 is 1.10 bits per heavy atom. The van der Waals surface area contributed by atoms with E-state index in [0.717, 1.165) is 52.5 Å². The van der Waals surface area contributed by atoms with E-state index in [-0.39, 0.29) is 29.6 Å². The smallest absolute Gasteiger partial charge is 0.277 e. The van der Waals surface area contributed by atoms with Crippen molar-refractivity contribution in [2.24, 2.45) is 0 Å². The minimum absolute atomic E-state index is 0. The predicted molar refractivity (Wildman–Crippen MR) is 117 cm³/mol. The number of benzene rings is 2. The zero-order valence-corrected chi connectivity index (χ0v) is 18.8. The van der Waals surface area contributed by atoms with Gasteiger partial charge in [0, 0.05) is 28.8 Å². The van der Waals surface area contributed by atoms with Gasteiger partial charge in [-0.15, -0.1) is 0 Å². The highest BCUT2D eigenvalue weighted by molar-refractivity contribution is 6.16. The maximum Gasteiger partial charge on any atom is 0.277 e. The molecule has 0 amide bonds. The number of hydrogen-bond donors (Lipinski definition) is 1. The average Bonchev–Trinajstić information content (AvgIpc) is 3.39. The summed E-state index contributed by atoms with van der Waals surface area (Å²) < 4.78 is 12.9. The van der Waals surface area contributed by atoms with E-state index in [9.17, 15) is 4.79 Å². The molecule has 5 nitrogen and oxygen atoms in total. The second-order valence-electron chi connectivity index (χ2n) is 7.48. The van der Waals surface area contributed by atoms with Crippen LogP contribution in [0.4, 0.5) is 0 Å². The molecule has 0 radical (unpaired) electrons. The number of para-hydroxylation sites is 1. The molecule has 2 aromatic carbocycles. The lowest BCUT2D eigenvalue weighted by atomic mass is 10.1. The van der Waals surface area contributed by atoms with Crippen molar-refractivity contribution in [2.45, 2.75) is 26.3 Å². The molecule has 1 N–H and O–H groups in total. The number of halogens is 1. The van der Waals surface area contributed by atoms with E-state index < -0.39 is 0 Å². The number of nitrogens with zero attached hydrogens (tertiary/aromatic N) is 1. The van der Waals surface area contributed by atoms with E-state index in [4.69, 9.17) is 9.47 Å². The lowest BCUT2D eigenvalue weighted by Gasteiger charge is -2.03. The number of fused-ring (bicyclic) bond motifs is 4. The summed E-state index contributed by atoms with van der Waals surface area (Å²) >= 11 is 0. The molecule has 0 fully saturated rings. The van der Waals surface area contributed by atoms with E-state index >= 15 is 0 Å². The van der Waals surface area contributed by atoms with E-state index in [1.807, 2.05) is 48.7 Å². The number of H-pyrrole nitrogens is 1. The Kier molecular flexibility index (Phi) is 6.09. The molecule has 0 unspecified atom stereocenters. The van der Waals surface area contributed by atoms with Gasteiger partial charge in [0.25, 0.3) is 11.5 Å². The largest absolute Gasteiger partial charge is 1.00 e. The van der Waals surface area contributed by atoms with E-state index in [1.54, 1.807) is 6.08 Å². The maximum absolute atomic E-state index is 13.3. The van der Waals surface area contributed by atoms with Crippen molar-refractivity contribution in [1.82, 2.24) is 4.98 Å². The van der Waals surface area contributed by atoms with Crippen LogP contribution in [0.15, 0.2) is 60.8 Å². The van der Waals surface area contributed by atoms with Crippen molar-refractivity contribution in [1.29, 1.82) is 0 Å². The number of pyridine rings is 1. The summed E-state index contributed by atoms with van der Waals surface area (Å²) in [6.45, 7) is 3.20. The third-order valence-corrected chi connectivity index (χ3v) is 5.50. The van der Waals surface area contributed by atoms with Gasteiger partial charge in [0.1, 0.15) is 12.1 Å². The number of hydrogen-bond acceptors (Lipinski definition) is 3. The van der Waals surface area contributed by atoms with Crippen LogP contribution >= 0.6 is 0 Å². The van der Waals surface area contributed by atoms with Crippen molar-refractivity contribution in [2.75, 3.05) is 6.79 Å². The number of allylic oxidation sites excluding steroid dienone is 1. The molecule has 5 rings (SSSR count). The standard InChI is InChI=1S/C25H22N2O3.BrH/c1-2-3-13-27-14-12-19-18-6-4-5-7-20(18)26-24(19)25(27)21(28)10-8-17-9-11-22-23(15-17)30-16-29-22;/h4-12,14-15H,2-3,13,16H2,1H3;1H/b10-8+;. The minimum Gasteiger partial charge on any atom is -1.00 e. The van der Waals surface area contributed by atoms with Crippen LogP contribution in [0.5, 0.6) is 11.5 Å². The number of ether oxygens (including phenoxy) is 2. The van der Waals surface area contributed by atoms with Crippen LogP contribution < -0.4 is 31.0 Å². The summed E-state index contributed by atoms with van der Waals surface area (Å²) in [5.74, 6) is 1.42. The van der Waals surface area contributed by atoms with Crippen molar-refractivity contribution >= 4 is 33.7 Å². The molecule has 0 atom stereocenters. The second-order valence-corrected chi connectivity index (χ2v) is 7.48. The molecular weight excluding hydrogens is 456 g/mol. The van der Waals surface area contributed by atoms with Crippen LogP contribution in [0.3, 0.4) is 0 Å². The highest BCUT2D eigenvalue weighted by Crippen LogP contribution is 2.33. The van der Waals surface area contributed by atoms with Crippen molar-refractivity contribution in [3.05, 3.63) is 72.1 Å². The van der Waals surface area contributed by atoms with Gasteiger partial charge in [0.15, 0.2) is 17.7 Å². The van der Waals surface area contributed by atoms with Crippen LogP contribution in [0.1, 0.15) is 35.8 Å². The fourth-order valence-electron chi connectivity index (χ4n) is 3.95. The van der Waals surface area contributed by atoms with Gasteiger partial charge in [0.2, 0.25) is 6.79 Å². The molecule has 1 aliphatic heterocycles. The molecule has 0 saturated carbocycles. The summed E-state index contributed by atoms with van der Waals surface area (Å²) in [5, 5.41) is 2.20. The third kappa shape index (κ3) is 3.95. The highest BCUT2D eigenvalue weighted by Gasteiger charge is 2.23. The monoisotopic (exact) mass is 478 g/mol. The molecule has 0 aliphatic carbocycles. The maximum atomic E-state index is 13.3. The lowest BCUT2D eigenvalue weighted by molar-refractivity contribution is -0.697. The summed E-state index contributed by atoms with van der Waals surface area (Å²) in [4.78, 5) is 16.8. The Bertz CT molecular complexity index is 1290. The molecule has 0 spiro atoms. The van der Waals surface area contributed by atoms with Gasteiger partial charge < -0.3 is 31.4 Å². The first-order valence-corrected chi connectivity index (χ1v) is 10.3. The number of aromatic amines is 1. The number of carbonyl (C=O) groups excluding carboxylic acids is 1. The third-order valence-electron chi connectivity index (χ3n) is 5.50. The van der Waals surface area contributed by atoms with Gasteiger partial charge >= 0.3 is 0 Å². The van der Waals surface area contributed by atoms with Gasteiger partial charge in [-0.25, -0.2) is 0 Å². The first kappa shape index (κ1) is 21.1. The van der Waals surface area contributed by atoms with Crippen LogP contribution in [0, 0.1) is 0 Å². The minimum atomic E-state index is -0.0269. The Morgan fingerprint density at radius 3 is 2.81 bits per heavy atom. The zero-order chi connectivity index (χ0) is 20.5. The molecule has 6 heteroatoms. The first-order valence-electron chi connectivity index (χ1n) is 10.3. The number of ketones is 1. The zero-order valence-electron chi connectivity index (χ0n) is 17.2. The summed E-state index contributed by atoms with van der Waals surface area (Å²) in [7, 11) is 0. The van der Waals surface area contributed by atoms with Crippen molar-refractivity contribution < 1.29 is 35.8 Å². The topological polar surface area (TPSA) is 55.2 Å². The average molecular weight is 479 g/mol. The van der Waals surface area contributed by atoms with Crippen molar-refractivity contribution in [3.8, 4) is 11.5 Å². The van der Waals surface area contributed by atoms with E-state index in [2.05, 4.69) is 28.6 Å². The Labute approximate surface area is 191 Å².